The molecule has 0 aliphatic carbocycles. The second kappa shape index (κ2) is 17.2. The van der Waals surface area contributed by atoms with Gasteiger partial charge in [0, 0.05) is 13.8 Å². The van der Waals surface area contributed by atoms with E-state index in [2.05, 4.69) is 0 Å². The van der Waals surface area contributed by atoms with Crippen molar-refractivity contribution in [2.75, 3.05) is 13.2 Å². The highest BCUT2D eigenvalue weighted by atomic mass is 35.6. The molecule has 2 aromatic rings. The maximum Gasteiger partial charge on any atom is 0.302 e. The van der Waals surface area contributed by atoms with Crippen LogP contribution in [0, 0.1) is 29.1 Å². The van der Waals surface area contributed by atoms with E-state index < -0.39 is 82.1 Å². The Kier molecular flexibility index (Phi) is 13.2. The number of imide groups is 2. The van der Waals surface area contributed by atoms with Crippen molar-refractivity contribution in [1.82, 2.24) is 9.80 Å². The monoisotopic (exact) mass is 837 g/mol. The van der Waals surface area contributed by atoms with Crippen LogP contribution < -0.4 is 0 Å². The number of nitrogens with one attached hydrogen (secondary N) is 1. The Balaban J connectivity index is 0.000000219. The second-order valence-electron chi connectivity index (χ2n) is 14.1. The number of benzene rings is 2. The smallest absolute Gasteiger partial charge is 0.302 e. The molecule has 18 heteroatoms. The fraction of sp³-hybridized carbons (Fsp3) is 0.500. The van der Waals surface area contributed by atoms with E-state index >= 15 is 0 Å². The van der Waals surface area contributed by atoms with Crippen LogP contribution in [0.3, 0.4) is 0 Å². The number of carbonyl (C=O) groups excluding carboxylic acids is 6. The Morgan fingerprint density at radius 3 is 1.41 bits per heavy atom. The van der Waals surface area contributed by atoms with E-state index in [4.69, 9.17) is 63.9 Å². The molecule has 2 aromatic carbocycles. The molecular weight excluding hydrogens is 797 g/mol. The number of hydrogen-bond acceptors (Lipinski definition) is 13. The van der Waals surface area contributed by atoms with Crippen LogP contribution in [0.25, 0.3) is 0 Å². The average molecular weight is 839 g/mol. The van der Waals surface area contributed by atoms with E-state index in [1.54, 1.807) is 48.5 Å². The molecule has 302 valence electrons. The molecule has 4 amide bonds. The lowest BCUT2D eigenvalue weighted by atomic mass is 9.81. The molecule has 0 bridgehead atoms. The fourth-order valence-electron chi connectivity index (χ4n) is 7.31. The molecule has 6 unspecified atom stereocenters. The van der Waals surface area contributed by atoms with Gasteiger partial charge >= 0.3 is 11.9 Å². The van der Waals surface area contributed by atoms with E-state index in [9.17, 15) is 33.9 Å². The number of carbonyl (C=O) groups is 6. The minimum absolute atomic E-state index is 0.0206. The summed E-state index contributed by atoms with van der Waals surface area (Å²) in [5.41, 5.74) is 1.21. The molecule has 56 heavy (non-hydrogen) atoms. The summed E-state index contributed by atoms with van der Waals surface area (Å²) in [6.45, 7) is 9.92. The molecule has 4 heterocycles. The number of ether oxygens (including phenoxy) is 5. The predicted octanol–water partition coefficient (Wildman–Crippen LogP) is 4.78. The average Bonchev–Trinajstić information content (AvgIpc) is 3.54. The highest BCUT2D eigenvalue weighted by Gasteiger charge is 2.53. The highest BCUT2D eigenvalue weighted by Crippen LogP contribution is 2.40. The van der Waals surface area contributed by atoms with Gasteiger partial charge in [-0.05, 0) is 47.9 Å². The second-order valence-corrected chi connectivity index (χ2v) is 16.4. The van der Waals surface area contributed by atoms with Gasteiger partial charge < -0.3 is 28.8 Å². The molecule has 15 nitrogen and oxygen atoms in total. The number of amides is 4. The van der Waals surface area contributed by atoms with Crippen LogP contribution >= 0.6 is 34.8 Å². The quantitative estimate of drug-likeness (QED) is 0.127. The summed E-state index contributed by atoms with van der Waals surface area (Å²) >= 11 is 17.3. The Hall–Kier alpha value is -4.12. The van der Waals surface area contributed by atoms with E-state index in [1.165, 1.54) is 13.8 Å². The number of rotatable bonds is 7. The van der Waals surface area contributed by atoms with E-state index in [0.717, 1.165) is 9.80 Å². The maximum absolute atomic E-state index is 13.1. The first-order valence-corrected chi connectivity index (χ1v) is 18.9. The summed E-state index contributed by atoms with van der Waals surface area (Å²) in [6.07, 6.45) is -3.77. The molecular formula is C38H42Cl3N3O12. The lowest BCUT2D eigenvalue weighted by Crippen LogP contribution is -2.60. The largest absolute Gasteiger partial charge is 0.463 e. The van der Waals surface area contributed by atoms with E-state index in [-0.39, 0.29) is 48.0 Å². The maximum atomic E-state index is 13.1. The number of aliphatic hydroxyl groups is 1. The molecule has 2 saturated heterocycles. The summed E-state index contributed by atoms with van der Waals surface area (Å²) in [5.74, 6) is -4.45. The molecule has 2 fully saturated rings. The van der Waals surface area contributed by atoms with Crippen molar-refractivity contribution < 1.29 is 57.6 Å². The van der Waals surface area contributed by atoms with Crippen LogP contribution in [0.15, 0.2) is 48.5 Å². The van der Waals surface area contributed by atoms with Crippen molar-refractivity contribution in [2.45, 2.75) is 82.2 Å². The van der Waals surface area contributed by atoms with Gasteiger partial charge in [-0.25, -0.2) is 0 Å². The van der Waals surface area contributed by atoms with Crippen LogP contribution in [0.4, 0.5) is 0 Å². The molecule has 10 atom stereocenters. The molecule has 6 rings (SSSR count). The van der Waals surface area contributed by atoms with E-state index in [0.29, 0.717) is 11.1 Å². The molecule has 0 aromatic heterocycles. The van der Waals surface area contributed by atoms with Crippen molar-refractivity contribution in [3.63, 3.8) is 0 Å². The summed E-state index contributed by atoms with van der Waals surface area (Å²) < 4.78 is 24.9. The Bertz CT molecular complexity index is 1840. The Morgan fingerprint density at radius 2 is 1.04 bits per heavy atom. The number of halogens is 3. The number of hydrogen-bond donors (Lipinski definition) is 2. The van der Waals surface area contributed by atoms with Crippen LogP contribution in [-0.4, -0.2) is 110 Å². The minimum atomic E-state index is -2.17. The van der Waals surface area contributed by atoms with Gasteiger partial charge in [0.05, 0.1) is 40.5 Å². The van der Waals surface area contributed by atoms with Crippen LogP contribution in [-0.2, 0) is 33.3 Å². The van der Waals surface area contributed by atoms with Gasteiger partial charge in [-0.2, -0.15) is 0 Å². The van der Waals surface area contributed by atoms with Crippen LogP contribution in [0.5, 0.6) is 0 Å². The standard InChI is InChI=1S/C20H21Cl3N2O6.C18H21NO6/c1-9-10(2)15(25-16(27)12-6-4-5-7-13(12)17(25)28)18(31-19(24)20(21,22)23)30-14(9)8-29-11(3)26;1-9-10(2)15(18(23)25-14(9)8-24-11(3)20)19-16(21)12-6-4-5-7-13(12)17(19)22/h4-7,9-10,14-15,18,24H,8H2,1-3H3;4-7,9-10,14-15,18,23H,8H2,1-3H3/t2*9-,10?,14?,15-,18?/m00/s1. The molecule has 4 aliphatic heterocycles. The third kappa shape index (κ3) is 8.58. The first-order chi connectivity index (χ1) is 26.3. The number of nitrogens with zero attached hydrogens (tertiary/aromatic N) is 2. The van der Waals surface area contributed by atoms with Crippen LogP contribution in [0.2, 0.25) is 0 Å². The number of fused-ring (bicyclic) bond motifs is 2. The highest BCUT2D eigenvalue weighted by molar-refractivity contribution is 6.76. The van der Waals surface area contributed by atoms with Crippen molar-refractivity contribution in [2.24, 2.45) is 23.7 Å². The number of esters is 2. The third-order valence-electron chi connectivity index (χ3n) is 10.7. The van der Waals surface area contributed by atoms with Gasteiger partial charge in [0.2, 0.25) is 12.2 Å². The Morgan fingerprint density at radius 1 is 0.679 bits per heavy atom. The zero-order chi connectivity index (χ0) is 41.4. The Labute approximate surface area is 337 Å². The lowest BCUT2D eigenvalue weighted by molar-refractivity contribution is -0.233. The number of alkyl halides is 3. The summed E-state index contributed by atoms with van der Waals surface area (Å²) in [7, 11) is 0. The SMILES string of the molecule is CC(=O)OCC1OC(O)[C@@H](N2C(=O)c3ccccc3C2=O)C(C)[C@@H]1C.CC(=O)OCC1OC(OC(=N)C(Cl)(Cl)Cl)[C@@H](N2C(=O)c3ccccc3C2=O)C(C)[C@@H]1C. The van der Waals surface area contributed by atoms with Gasteiger partial charge in [0.15, 0.2) is 6.29 Å². The lowest BCUT2D eigenvalue weighted by Gasteiger charge is -2.46. The predicted molar refractivity (Wildman–Crippen MR) is 200 cm³/mol. The topological polar surface area (TPSA) is 199 Å². The molecule has 2 N–H and O–H groups in total. The van der Waals surface area contributed by atoms with Crippen molar-refractivity contribution >= 4 is 76.3 Å². The first-order valence-electron chi connectivity index (χ1n) is 17.8. The normalized spacial score (nSPS) is 29.9. The summed E-state index contributed by atoms with van der Waals surface area (Å²) in [4.78, 5) is 75.9. The van der Waals surface area contributed by atoms with Crippen molar-refractivity contribution in [1.29, 1.82) is 5.41 Å². The zero-order valence-corrected chi connectivity index (χ0v) is 33.5. The van der Waals surface area contributed by atoms with Crippen LogP contribution in [0.1, 0.15) is 83.0 Å². The summed E-state index contributed by atoms with van der Waals surface area (Å²) in [6, 6.07) is 11.3. The third-order valence-corrected chi connectivity index (χ3v) is 11.3. The van der Waals surface area contributed by atoms with Gasteiger partial charge in [-0.15, -0.1) is 0 Å². The molecule has 0 spiro atoms. The van der Waals surface area contributed by atoms with E-state index in [1.807, 2.05) is 27.7 Å². The van der Waals surface area contributed by atoms with Gasteiger partial charge in [0.25, 0.3) is 27.4 Å². The van der Waals surface area contributed by atoms with Crippen molar-refractivity contribution in [3.8, 4) is 0 Å². The molecule has 0 saturated carbocycles. The van der Waals surface area contributed by atoms with Gasteiger partial charge in [-0.3, -0.25) is 44.0 Å². The molecule has 4 aliphatic rings. The fourth-order valence-corrected chi connectivity index (χ4v) is 7.44. The van der Waals surface area contributed by atoms with Gasteiger partial charge in [-0.1, -0.05) is 86.8 Å². The van der Waals surface area contributed by atoms with Gasteiger partial charge in [0.1, 0.15) is 19.3 Å². The van der Waals surface area contributed by atoms with Crippen molar-refractivity contribution in [3.05, 3.63) is 70.8 Å². The minimum Gasteiger partial charge on any atom is -0.463 e. The summed E-state index contributed by atoms with van der Waals surface area (Å²) in [5, 5.41) is 18.4. The first kappa shape index (κ1) is 43.0. The number of aliphatic hydroxyl groups excluding tert-OH is 1. The zero-order valence-electron chi connectivity index (χ0n) is 31.3. The molecule has 0 radical (unpaired) electrons.